The van der Waals surface area contributed by atoms with Crippen LogP contribution in [0.2, 0.25) is 0 Å². The topological polar surface area (TPSA) is 61.4 Å². The fourth-order valence-electron chi connectivity index (χ4n) is 4.78. The number of nitrogens with one attached hydrogen (secondary N) is 1. The number of aryl methyl sites for hydroxylation is 2. The summed E-state index contributed by atoms with van der Waals surface area (Å²) < 4.78 is 26.2. The lowest BCUT2D eigenvalue weighted by molar-refractivity contribution is 0.0692. The Morgan fingerprint density at radius 2 is 2.07 bits per heavy atom. The summed E-state index contributed by atoms with van der Waals surface area (Å²) in [6.07, 6.45) is -0.613. The van der Waals surface area contributed by atoms with E-state index in [0.29, 0.717) is 24.7 Å². The van der Waals surface area contributed by atoms with Crippen molar-refractivity contribution < 1.29 is 13.6 Å². The second kappa shape index (κ2) is 8.16. The van der Waals surface area contributed by atoms with Gasteiger partial charge in [-0.1, -0.05) is 0 Å². The molecule has 4 rings (SSSR count). The quantitative estimate of drug-likeness (QED) is 0.812. The van der Waals surface area contributed by atoms with Gasteiger partial charge in [0.05, 0.1) is 23.4 Å². The van der Waals surface area contributed by atoms with Gasteiger partial charge < -0.3 is 15.1 Å². The van der Waals surface area contributed by atoms with Crippen LogP contribution < -0.4 is 10.2 Å². The third kappa shape index (κ3) is 3.95. The highest BCUT2D eigenvalue weighted by Gasteiger charge is 2.41. The number of likely N-dealkylation sites (tertiary alicyclic amines) is 1. The largest absolute Gasteiger partial charge is 0.387 e. The van der Waals surface area contributed by atoms with Crippen molar-refractivity contribution in [2.45, 2.75) is 39.2 Å². The maximum absolute atomic E-state index is 13.4. The summed E-state index contributed by atoms with van der Waals surface area (Å²) >= 11 is 0. The van der Waals surface area contributed by atoms with Gasteiger partial charge in [0.2, 0.25) is 6.43 Å². The van der Waals surface area contributed by atoms with Gasteiger partial charge in [-0.2, -0.15) is 0 Å². The summed E-state index contributed by atoms with van der Waals surface area (Å²) in [4.78, 5) is 26.3. The molecule has 0 spiro atoms. The molecule has 2 aromatic rings. The van der Waals surface area contributed by atoms with Crippen molar-refractivity contribution in [2.75, 3.05) is 36.9 Å². The first-order chi connectivity index (χ1) is 14.4. The first kappa shape index (κ1) is 20.5. The number of aromatic nitrogens is 2. The van der Waals surface area contributed by atoms with E-state index >= 15 is 0 Å². The van der Waals surface area contributed by atoms with Crippen molar-refractivity contribution in [3.63, 3.8) is 0 Å². The van der Waals surface area contributed by atoms with Gasteiger partial charge in [-0.25, -0.2) is 13.8 Å². The Morgan fingerprint density at radius 1 is 1.27 bits per heavy atom. The van der Waals surface area contributed by atoms with Crippen LogP contribution in [0.1, 0.15) is 33.7 Å². The third-order valence-electron chi connectivity index (χ3n) is 5.94. The molecule has 2 bridgehead atoms. The Morgan fingerprint density at radius 3 is 2.77 bits per heavy atom. The number of fused-ring (bicyclic) bond motifs is 2. The molecule has 0 aliphatic carbocycles. The van der Waals surface area contributed by atoms with Crippen LogP contribution >= 0.6 is 0 Å². The van der Waals surface area contributed by atoms with Crippen LogP contribution in [0.4, 0.5) is 20.3 Å². The minimum atomic E-state index is -2.56. The van der Waals surface area contributed by atoms with Crippen molar-refractivity contribution in [1.29, 1.82) is 0 Å². The zero-order chi connectivity index (χ0) is 21.4. The standard InChI is InChI=1S/C22H27F2N5O/c1-13-6-14(2)27-20(7-13)29-11-15-8-16(29)12-28(10-15)22(30)21-17(25-3)4-5-26-18(21)9-19(23)24/h4-7,15-16,19H,8-12H2,1-3H3,(H,25,26). The predicted molar refractivity (Wildman–Crippen MR) is 112 cm³/mol. The molecule has 2 fully saturated rings. The first-order valence-electron chi connectivity index (χ1n) is 10.3. The number of hydrogen-bond donors (Lipinski definition) is 1. The van der Waals surface area contributed by atoms with Gasteiger partial charge in [0.15, 0.2) is 0 Å². The van der Waals surface area contributed by atoms with Crippen LogP contribution in [0.25, 0.3) is 0 Å². The van der Waals surface area contributed by atoms with Gasteiger partial charge in [-0.3, -0.25) is 9.78 Å². The maximum Gasteiger partial charge on any atom is 0.257 e. The van der Waals surface area contributed by atoms with Gasteiger partial charge in [0.1, 0.15) is 5.82 Å². The molecular weight excluding hydrogens is 388 g/mol. The van der Waals surface area contributed by atoms with Crippen LogP contribution in [0.15, 0.2) is 24.4 Å². The monoisotopic (exact) mass is 415 g/mol. The first-order valence-corrected chi connectivity index (χ1v) is 10.3. The Balaban J connectivity index is 1.60. The molecule has 2 saturated heterocycles. The van der Waals surface area contributed by atoms with E-state index in [1.807, 2.05) is 13.0 Å². The number of carbonyl (C=O) groups excluding carboxylic acids is 1. The molecule has 1 N–H and O–H groups in total. The highest BCUT2D eigenvalue weighted by molar-refractivity contribution is 6.00. The summed E-state index contributed by atoms with van der Waals surface area (Å²) in [5.74, 6) is 1.06. The number of rotatable bonds is 5. The van der Waals surface area contributed by atoms with E-state index in [1.165, 1.54) is 6.20 Å². The van der Waals surface area contributed by atoms with Crippen molar-refractivity contribution in [2.24, 2.45) is 5.92 Å². The fraction of sp³-hybridized carbons (Fsp3) is 0.500. The van der Waals surface area contributed by atoms with Crippen LogP contribution in [0.5, 0.6) is 0 Å². The number of carbonyl (C=O) groups is 1. The number of hydrogen-bond acceptors (Lipinski definition) is 5. The van der Waals surface area contributed by atoms with E-state index in [0.717, 1.165) is 30.0 Å². The number of piperidine rings is 1. The molecule has 30 heavy (non-hydrogen) atoms. The van der Waals surface area contributed by atoms with E-state index in [9.17, 15) is 13.6 Å². The molecule has 2 aliphatic rings. The summed E-state index contributed by atoms with van der Waals surface area (Å²) in [7, 11) is 1.69. The minimum Gasteiger partial charge on any atom is -0.387 e. The highest BCUT2D eigenvalue weighted by atomic mass is 19.3. The average Bonchev–Trinajstić information content (AvgIpc) is 2.99. The SMILES string of the molecule is CNc1ccnc(CC(F)F)c1C(=O)N1CC2CC(C1)N(c1cc(C)cc(C)n1)C2. The molecule has 0 aromatic carbocycles. The lowest BCUT2D eigenvalue weighted by Gasteiger charge is -2.34. The number of pyridine rings is 2. The van der Waals surface area contributed by atoms with Crippen LogP contribution in [0.3, 0.4) is 0 Å². The van der Waals surface area contributed by atoms with Crippen molar-refractivity contribution in [1.82, 2.24) is 14.9 Å². The molecule has 6 nitrogen and oxygen atoms in total. The van der Waals surface area contributed by atoms with Crippen LogP contribution in [-0.2, 0) is 6.42 Å². The second-order valence-electron chi connectivity index (χ2n) is 8.29. The van der Waals surface area contributed by atoms with Gasteiger partial charge in [-0.15, -0.1) is 0 Å². The van der Waals surface area contributed by atoms with Crippen LogP contribution in [0, 0.1) is 19.8 Å². The molecule has 0 saturated carbocycles. The number of halogens is 2. The molecule has 0 radical (unpaired) electrons. The Hall–Kier alpha value is -2.77. The highest BCUT2D eigenvalue weighted by Crippen LogP contribution is 2.35. The molecule has 2 aromatic heterocycles. The number of amides is 1. The Kier molecular flexibility index (Phi) is 5.58. The number of nitrogens with zero attached hydrogens (tertiary/aromatic N) is 4. The fourth-order valence-corrected chi connectivity index (χ4v) is 4.78. The molecule has 4 heterocycles. The Labute approximate surface area is 175 Å². The Bertz CT molecular complexity index is 931. The number of alkyl halides is 2. The smallest absolute Gasteiger partial charge is 0.257 e. The van der Waals surface area contributed by atoms with E-state index in [4.69, 9.17) is 4.98 Å². The molecule has 160 valence electrons. The molecule has 8 heteroatoms. The lowest BCUT2D eigenvalue weighted by Crippen LogP contribution is -2.46. The zero-order valence-electron chi connectivity index (χ0n) is 17.5. The van der Waals surface area contributed by atoms with Gasteiger partial charge >= 0.3 is 0 Å². The van der Waals surface area contributed by atoms with Gasteiger partial charge in [-0.05, 0) is 49.9 Å². The van der Waals surface area contributed by atoms with E-state index in [2.05, 4.69) is 28.2 Å². The summed E-state index contributed by atoms with van der Waals surface area (Å²) in [6, 6.07) is 5.97. The van der Waals surface area contributed by atoms with Gasteiger partial charge in [0.25, 0.3) is 5.91 Å². The van der Waals surface area contributed by atoms with Crippen molar-refractivity contribution in [3.8, 4) is 0 Å². The maximum atomic E-state index is 13.4. The average molecular weight is 415 g/mol. The molecule has 1 amide bonds. The molecular formula is C22H27F2N5O. The minimum absolute atomic E-state index is 0.146. The van der Waals surface area contributed by atoms with E-state index in [1.54, 1.807) is 18.0 Å². The van der Waals surface area contributed by atoms with E-state index in [-0.39, 0.29) is 23.2 Å². The number of anilines is 2. The third-order valence-corrected chi connectivity index (χ3v) is 5.94. The van der Waals surface area contributed by atoms with Crippen molar-refractivity contribution in [3.05, 3.63) is 46.9 Å². The molecule has 2 unspecified atom stereocenters. The summed E-state index contributed by atoms with van der Waals surface area (Å²) in [6.45, 7) is 6.06. The van der Waals surface area contributed by atoms with Crippen molar-refractivity contribution >= 4 is 17.4 Å². The summed E-state index contributed by atoms with van der Waals surface area (Å²) in [5.41, 5.74) is 3.09. The normalized spacial score (nSPS) is 20.7. The van der Waals surface area contributed by atoms with E-state index < -0.39 is 12.8 Å². The van der Waals surface area contributed by atoms with Crippen LogP contribution in [-0.4, -0.2) is 59.9 Å². The predicted octanol–water partition coefficient (Wildman–Crippen LogP) is 3.29. The molecule has 2 atom stereocenters. The van der Waals surface area contributed by atoms with Gasteiger partial charge in [0, 0.05) is 44.6 Å². The lowest BCUT2D eigenvalue weighted by atomic mass is 9.98. The zero-order valence-corrected chi connectivity index (χ0v) is 17.5. The summed E-state index contributed by atoms with van der Waals surface area (Å²) in [5, 5.41) is 2.96. The molecule has 2 aliphatic heterocycles. The second-order valence-corrected chi connectivity index (χ2v) is 8.29.